The van der Waals surface area contributed by atoms with Gasteiger partial charge in [0.25, 0.3) is 0 Å². The molecular weight excluding hydrogens is 290 g/mol. The molecule has 0 saturated heterocycles. The zero-order valence-electron chi connectivity index (χ0n) is 14.9. The first kappa shape index (κ1) is 17.8. The fraction of sp³-hybridized carbons (Fsp3) is 0.765. The lowest BCUT2D eigenvalue weighted by Gasteiger charge is -2.26. The Morgan fingerprint density at radius 1 is 1.43 bits per heavy atom. The Kier molecular flexibility index (Phi) is 5.68. The fourth-order valence-corrected chi connectivity index (χ4v) is 3.07. The zero-order valence-corrected chi connectivity index (χ0v) is 14.9. The fourth-order valence-electron chi connectivity index (χ4n) is 3.07. The van der Waals surface area contributed by atoms with Crippen LogP contribution in [0.5, 0.6) is 0 Å². The van der Waals surface area contributed by atoms with Gasteiger partial charge < -0.3 is 15.7 Å². The lowest BCUT2D eigenvalue weighted by Crippen LogP contribution is -2.43. The van der Waals surface area contributed by atoms with Crippen LogP contribution in [0.3, 0.4) is 0 Å². The van der Waals surface area contributed by atoms with Gasteiger partial charge in [-0.15, -0.1) is 0 Å². The highest BCUT2D eigenvalue weighted by atomic mass is 16.3. The van der Waals surface area contributed by atoms with Crippen LogP contribution in [-0.4, -0.2) is 40.5 Å². The molecule has 3 N–H and O–H groups in total. The molecule has 0 aliphatic heterocycles. The topological polar surface area (TPSA) is 74.5 Å². The molecule has 0 radical (unpaired) electrons. The Morgan fingerprint density at radius 3 is 2.70 bits per heavy atom. The molecule has 1 unspecified atom stereocenters. The largest absolute Gasteiger partial charge is 0.383 e. The Hall–Kier alpha value is -1.56. The van der Waals surface area contributed by atoms with Crippen molar-refractivity contribution in [2.75, 3.05) is 19.6 Å². The number of guanidine groups is 1. The van der Waals surface area contributed by atoms with E-state index in [1.807, 2.05) is 20.2 Å². The Balaban J connectivity index is 1.97. The Labute approximate surface area is 139 Å². The molecule has 1 saturated carbocycles. The number of hydrogen-bond acceptors (Lipinski definition) is 3. The second kappa shape index (κ2) is 7.34. The number of aliphatic hydroxyl groups is 1. The molecule has 0 aromatic carbocycles. The molecule has 1 aromatic heterocycles. The molecule has 1 aromatic rings. The minimum absolute atomic E-state index is 0.296. The maximum Gasteiger partial charge on any atom is 0.191 e. The van der Waals surface area contributed by atoms with Gasteiger partial charge in [0.1, 0.15) is 5.60 Å². The second-order valence-electron chi connectivity index (χ2n) is 7.24. The van der Waals surface area contributed by atoms with Crippen LogP contribution in [0.15, 0.2) is 17.4 Å². The third-order valence-electron chi connectivity index (χ3n) is 4.71. The van der Waals surface area contributed by atoms with Gasteiger partial charge >= 0.3 is 0 Å². The standard InChI is InChI=1S/C17H31N5O/c1-5-18-15(19-12-16(2)8-6-7-9-16)20-13-17(3,23)14-10-21-22(4)11-14/h10-11,23H,5-9,12-13H2,1-4H3,(H2,18,19,20). The smallest absolute Gasteiger partial charge is 0.191 e. The summed E-state index contributed by atoms with van der Waals surface area (Å²) >= 11 is 0. The minimum atomic E-state index is -1.02. The Bertz CT molecular complexity index is 529. The lowest BCUT2D eigenvalue weighted by atomic mass is 9.89. The highest BCUT2D eigenvalue weighted by molar-refractivity contribution is 5.79. The highest BCUT2D eigenvalue weighted by Gasteiger charge is 2.29. The minimum Gasteiger partial charge on any atom is -0.383 e. The van der Waals surface area contributed by atoms with E-state index >= 15 is 0 Å². The van der Waals surface area contributed by atoms with E-state index < -0.39 is 5.60 Å². The molecule has 1 aliphatic rings. The van der Waals surface area contributed by atoms with Crippen LogP contribution in [-0.2, 0) is 12.6 Å². The van der Waals surface area contributed by atoms with Crippen molar-refractivity contribution in [3.8, 4) is 0 Å². The number of nitrogens with zero attached hydrogens (tertiary/aromatic N) is 3. The first-order valence-electron chi connectivity index (χ1n) is 8.58. The summed E-state index contributed by atoms with van der Waals surface area (Å²) in [5.41, 5.74) is 0.123. The van der Waals surface area contributed by atoms with Crippen LogP contribution in [0, 0.1) is 5.41 Å². The summed E-state index contributed by atoms with van der Waals surface area (Å²) in [6.07, 6.45) is 8.70. The third kappa shape index (κ3) is 4.96. The van der Waals surface area contributed by atoms with Crippen LogP contribution in [0.25, 0.3) is 0 Å². The molecule has 1 aliphatic carbocycles. The summed E-state index contributed by atoms with van der Waals surface area (Å²) in [5.74, 6) is 0.768. The molecule has 0 spiro atoms. The summed E-state index contributed by atoms with van der Waals surface area (Å²) in [6, 6.07) is 0. The van der Waals surface area contributed by atoms with Gasteiger partial charge in [-0.05, 0) is 32.1 Å². The number of aliphatic imine (C=N–C) groups is 1. The van der Waals surface area contributed by atoms with E-state index in [0.717, 1.165) is 24.6 Å². The number of hydrogen-bond donors (Lipinski definition) is 3. The summed E-state index contributed by atoms with van der Waals surface area (Å²) in [5, 5.41) is 21.5. The van der Waals surface area contributed by atoms with Gasteiger partial charge in [-0.25, -0.2) is 4.99 Å². The summed E-state index contributed by atoms with van der Waals surface area (Å²) in [4.78, 5) is 4.57. The van der Waals surface area contributed by atoms with Crippen LogP contribution >= 0.6 is 0 Å². The molecular formula is C17H31N5O. The van der Waals surface area contributed by atoms with Crippen LogP contribution in [0.1, 0.15) is 52.0 Å². The van der Waals surface area contributed by atoms with Crippen molar-refractivity contribution < 1.29 is 5.11 Å². The predicted octanol–water partition coefficient (Wildman–Crippen LogP) is 1.76. The van der Waals surface area contributed by atoms with Crippen molar-refractivity contribution in [2.45, 2.75) is 52.1 Å². The lowest BCUT2D eigenvalue weighted by molar-refractivity contribution is 0.0671. The predicted molar refractivity (Wildman–Crippen MR) is 93.3 cm³/mol. The van der Waals surface area contributed by atoms with Crippen molar-refractivity contribution in [1.29, 1.82) is 0 Å². The molecule has 1 fully saturated rings. The van der Waals surface area contributed by atoms with E-state index in [4.69, 9.17) is 0 Å². The van der Waals surface area contributed by atoms with Crippen LogP contribution in [0.2, 0.25) is 0 Å². The average molecular weight is 321 g/mol. The first-order valence-corrected chi connectivity index (χ1v) is 8.58. The monoisotopic (exact) mass is 321 g/mol. The van der Waals surface area contributed by atoms with Crippen LogP contribution < -0.4 is 10.6 Å². The van der Waals surface area contributed by atoms with Gasteiger partial charge in [0.2, 0.25) is 0 Å². The maximum atomic E-state index is 10.6. The van der Waals surface area contributed by atoms with Crippen molar-refractivity contribution in [1.82, 2.24) is 20.4 Å². The first-order chi connectivity index (χ1) is 10.8. The molecule has 130 valence electrons. The van der Waals surface area contributed by atoms with Crippen LogP contribution in [0.4, 0.5) is 0 Å². The quantitative estimate of drug-likeness (QED) is 0.551. The van der Waals surface area contributed by atoms with E-state index in [1.54, 1.807) is 17.8 Å². The molecule has 23 heavy (non-hydrogen) atoms. The number of aryl methyl sites for hydroxylation is 1. The van der Waals surface area contributed by atoms with Crippen molar-refractivity contribution in [2.24, 2.45) is 17.5 Å². The molecule has 1 heterocycles. The van der Waals surface area contributed by atoms with E-state index in [-0.39, 0.29) is 0 Å². The number of rotatable bonds is 6. The van der Waals surface area contributed by atoms with Gasteiger partial charge in [-0.1, -0.05) is 19.8 Å². The summed E-state index contributed by atoms with van der Waals surface area (Å²) < 4.78 is 1.69. The van der Waals surface area contributed by atoms with Crippen molar-refractivity contribution in [3.05, 3.63) is 18.0 Å². The van der Waals surface area contributed by atoms with Gasteiger partial charge in [-0.2, -0.15) is 5.10 Å². The molecule has 0 bridgehead atoms. The Morgan fingerprint density at radius 2 is 2.13 bits per heavy atom. The zero-order chi connectivity index (χ0) is 16.9. The van der Waals surface area contributed by atoms with Gasteiger partial charge in [-0.3, -0.25) is 4.68 Å². The maximum absolute atomic E-state index is 10.6. The second-order valence-corrected chi connectivity index (χ2v) is 7.24. The number of aromatic nitrogens is 2. The third-order valence-corrected chi connectivity index (χ3v) is 4.71. The van der Waals surface area contributed by atoms with Gasteiger partial charge in [0, 0.05) is 31.9 Å². The van der Waals surface area contributed by atoms with E-state index in [2.05, 4.69) is 27.6 Å². The van der Waals surface area contributed by atoms with Crippen molar-refractivity contribution >= 4 is 5.96 Å². The van der Waals surface area contributed by atoms with E-state index in [9.17, 15) is 5.11 Å². The molecule has 0 amide bonds. The summed E-state index contributed by atoms with van der Waals surface area (Å²) in [7, 11) is 1.84. The molecule has 6 heteroatoms. The van der Waals surface area contributed by atoms with Crippen molar-refractivity contribution in [3.63, 3.8) is 0 Å². The van der Waals surface area contributed by atoms with E-state index in [0.29, 0.717) is 12.0 Å². The highest BCUT2D eigenvalue weighted by Crippen LogP contribution is 2.36. The molecule has 1 atom stereocenters. The number of nitrogens with one attached hydrogen (secondary N) is 2. The average Bonchev–Trinajstić information content (AvgIpc) is 3.12. The van der Waals surface area contributed by atoms with Gasteiger partial charge in [0.05, 0.1) is 12.7 Å². The molecule has 6 nitrogen and oxygen atoms in total. The van der Waals surface area contributed by atoms with Gasteiger partial charge in [0.15, 0.2) is 5.96 Å². The molecule has 2 rings (SSSR count). The summed E-state index contributed by atoms with van der Waals surface area (Å²) in [6.45, 7) is 8.18. The normalized spacial score (nSPS) is 20.3. The van der Waals surface area contributed by atoms with E-state index in [1.165, 1.54) is 25.7 Å². The SMILES string of the molecule is CCNC(=NCC(C)(O)c1cnn(C)c1)NCC1(C)CCCC1.